The van der Waals surface area contributed by atoms with Crippen LogP contribution in [0, 0.1) is 5.41 Å². The van der Waals surface area contributed by atoms with Crippen LogP contribution in [0.4, 0.5) is 0 Å². The van der Waals surface area contributed by atoms with Gasteiger partial charge in [0.05, 0.1) is 12.1 Å². The molecule has 4 nitrogen and oxygen atoms in total. The number of aliphatic imine (C=N–C) groups is 1. The molecule has 2 unspecified atom stereocenters. The van der Waals surface area contributed by atoms with Gasteiger partial charge in [0.15, 0.2) is 5.96 Å². The standard InChI is InChI=1S/C8H17N3O/c1-8(2)5(11-7(9)10)4-6(8)12-3/h5-6H,4H2,1-3H3,(H4,9,10,11). The Kier molecular flexibility index (Phi) is 2.28. The maximum atomic E-state index is 5.30. The number of rotatable bonds is 2. The number of ether oxygens (including phenoxy) is 1. The Balaban J connectivity index is 2.59. The number of guanidine groups is 1. The van der Waals surface area contributed by atoms with Crippen molar-refractivity contribution in [2.24, 2.45) is 21.9 Å². The smallest absolute Gasteiger partial charge is 0.186 e. The van der Waals surface area contributed by atoms with Crippen molar-refractivity contribution in [3.8, 4) is 0 Å². The molecular formula is C8H17N3O. The summed E-state index contributed by atoms with van der Waals surface area (Å²) in [4.78, 5) is 4.13. The molecular weight excluding hydrogens is 154 g/mol. The van der Waals surface area contributed by atoms with Gasteiger partial charge in [-0.1, -0.05) is 13.8 Å². The fourth-order valence-electron chi connectivity index (χ4n) is 1.66. The van der Waals surface area contributed by atoms with Crippen LogP contribution in [0.3, 0.4) is 0 Å². The second-order valence-corrected chi connectivity index (χ2v) is 3.85. The summed E-state index contributed by atoms with van der Waals surface area (Å²) in [7, 11) is 1.72. The third-order valence-corrected chi connectivity index (χ3v) is 2.72. The molecule has 0 bridgehead atoms. The molecule has 1 aliphatic rings. The van der Waals surface area contributed by atoms with E-state index >= 15 is 0 Å². The van der Waals surface area contributed by atoms with Crippen LogP contribution in [0.15, 0.2) is 4.99 Å². The van der Waals surface area contributed by atoms with E-state index in [1.807, 2.05) is 0 Å². The van der Waals surface area contributed by atoms with Crippen LogP contribution < -0.4 is 11.5 Å². The van der Waals surface area contributed by atoms with Crippen LogP contribution >= 0.6 is 0 Å². The molecule has 0 amide bonds. The van der Waals surface area contributed by atoms with Gasteiger partial charge in [-0.3, -0.25) is 0 Å². The molecule has 1 rings (SSSR count). The molecule has 1 saturated carbocycles. The molecule has 0 heterocycles. The Morgan fingerprint density at radius 3 is 2.42 bits per heavy atom. The summed E-state index contributed by atoms with van der Waals surface area (Å²) in [6.07, 6.45) is 1.20. The average molecular weight is 171 g/mol. The van der Waals surface area contributed by atoms with Crippen LogP contribution in [0.5, 0.6) is 0 Å². The zero-order valence-electron chi connectivity index (χ0n) is 7.87. The Labute approximate surface area is 73.0 Å². The van der Waals surface area contributed by atoms with E-state index in [4.69, 9.17) is 16.2 Å². The van der Waals surface area contributed by atoms with Crippen molar-refractivity contribution in [3.05, 3.63) is 0 Å². The van der Waals surface area contributed by atoms with Gasteiger partial charge in [-0.2, -0.15) is 0 Å². The molecule has 0 saturated heterocycles. The van der Waals surface area contributed by atoms with E-state index in [9.17, 15) is 0 Å². The molecule has 1 aliphatic carbocycles. The van der Waals surface area contributed by atoms with Crippen molar-refractivity contribution in [1.29, 1.82) is 0 Å². The van der Waals surface area contributed by atoms with Gasteiger partial charge in [0.25, 0.3) is 0 Å². The van der Waals surface area contributed by atoms with Gasteiger partial charge in [-0.05, 0) is 6.42 Å². The topological polar surface area (TPSA) is 73.6 Å². The van der Waals surface area contributed by atoms with Gasteiger partial charge in [-0.25, -0.2) is 4.99 Å². The molecule has 0 aliphatic heterocycles. The molecule has 0 radical (unpaired) electrons. The van der Waals surface area contributed by atoms with Crippen LogP contribution in [0.1, 0.15) is 20.3 Å². The number of hydrogen-bond donors (Lipinski definition) is 2. The molecule has 1 fully saturated rings. The van der Waals surface area contributed by atoms with Crippen molar-refractivity contribution in [3.63, 3.8) is 0 Å². The zero-order chi connectivity index (χ0) is 9.35. The number of methoxy groups -OCH3 is 1. The van der Waals surface area contributed by atoms with Gasteiger partial charge in [0, 0.05) is 12.5 Å². The minimum absolute atomic E-state index is 0.0682. The SMILES string of the molecule is COC1CC(N=C(N)N)C1(C)C. The maximum Gasteiger partial charge on any atom is 0.186 e. The summed E-state index contributed by atoms with van der Waals surface area (Å²) in [5.74, 6) is 0.169. The summed E-state index contributed by atoms with van der Waals surface area (Å²) < 4.78 is 5.26. The first-order chi connectivity index (χ1) is 5.48. The molecule has 0 aromatic heterocycles. The molecule has 2 atom stereocenters. The van der Waals surface area contributed by atoms with E-state index < -0.39 is 0 Å². The first kappa shape index (κ1) is 9.32. The van der Waals surface area contributed by atoms with Gasteiger partial charge >= 0.3 is 0 Å². The molecule has 0 aromatic rings. The molecule has 0 aromatic carbocycles. The Morgan fingerprint density at radius 1 is 1.50 bits per heavy atom. The normalized spacial score (nSPS) is 32.2. The fourth-order valence-corrected chi connectivity index (χ4v) is 1.66. The Hall–Kier alpha value is -0.770. The zero-order valence-corrected chi connectivity index (χ0v) is 7.87. The van der Waals surface area contributed by atoms with E-state index in [0.717, 1.165) is 6.42 Å². The number of nitrogens with zero attached hydrogens (tertiary/aromatic N) is 1. The summed E-state index contributed by atoms with van der Waals surface area (Å²) in [5.41, 5.74) is 10.7. The fraction of sp³-hybridized carbons (Fsp3) is 0.875. The molecule has 0 spiro atoms. The van der Waals surface area contributed by atoms with Gasteiger partial charge in [0.1, 0.15) is 0 Å². The Bertz CT molecular complexity index is 196. The lowest BCUT2D eigenvalue weighted by Crippen LogP contribution is -2.54. The number of nitrogens with two attached hydrogens (primary N) is 2. The lowest BCUT2D eigenvalue weighted by atomic mass is 9.65. The van der Waals surface area contributed by atoms with Crippen molar-refractivity contribution in [1.82, 2.24) is 0 Å². The summed E-state index contributed by atoms with van der Waals surface area (Å²) in [5, 5.41) is 0. The van der Waals surface area contributed by atoms with E-state index in [2.05, 4.69) is 18.8 Å². The predicted molar refractivity (Wildman–Crippen MR) is 48.8 cm³/mol. The minimum Gasteiger partial charge on any atom is -0.381 e. The maximum absolute atomic E-state index is 5.30. The predicted octanol–water partition coefficient (Wildman–Crippen LogP) is 0.0733. The van der Waals surface area contributed by atoms with Crippen LogP contribution in [-0.4, -0.2) is 25.2 Å². The number of hydrogen-bond acceptors (Lipinski definition) is 2. The monoisotopic (exact) mass is 171 g/mol. The van der Waals surface area contributed by atoms with Crippen LogP contribution in [0.25, 0.3) is 0 Å². The van der Waals surface area contributed by atoms with Crippen molar-refractivity contribution in [2.45, 2.75) is 32.4 Å². The highest BCUT2D eigenvalue weighted by Gasteiger charge is 2.48. The van der Waals surface area contributed by atoms with E-state index in [1.165, 1.54) is 0 Å². The minimum atomic E-state index is 0.0682. The van der Waals surface area contributed by atoms with E-state index in [-0.39, 0.29) is 23.5 Å². The van der Waals surface area contributed by atoms with E-state index in [0.29, 0.717) is 0 Å². The highest BCUT2D eigenvalue weighted by molar-refractivity contribution is 5.76. The van der Waals surface area contributed by atoms with Gasteiger partial charge < -0.3 is 16.2 Å². The molecule has 4 N–H and O–H groups in total. The van der Waals surface area contributed by atoms with Gasteiger partial charge in [-0.15, -0.1) is 0 Å². The van der Waals surface area contributed by atoms with Crippen LogP contribution in [-0.2, 0) is 4.74 Å². The van der Waals surface area contributed by atoms with Crippen molar-refractivity contribution < 1.29 is 4.74 Å². The lowest BCUT2D eigenvalue weighted by molar-refractivity contribution is -0.0850. The van der Waals surface area contributed by atoms with Crippen molar-refractivity contribution >= 4 is 5.96 Å². The third-order valence-electron chi connectivity index (χ3n) is 2.72. The second-order valence-electron chi connectivity index (χ2n) is 3.85. The summed E-state index contributed by atoms with van der Waals surface area (Å²) in [6, 6.07) is 0.215. The Morgan fingerprint density at radius 2 is 2.08 bits per heavy atom. The first-order valence-corrected chi connectivity index (χ1v) is 4.10. The molecule has 70 valence electrons. The molecule has 12 heavy (non-hydrogen) atoms. The highest BCUT2D eigenvalue weighted by atomic mass is 16.5. The lowest BCUT2D eigenvalue weighted by Gasteiger charge is -2.48. The average Bonchev–Trinajstić information content (AvgIpc) is 1.96. The molecule has 4 heteroatoms. The van der Waals surface area contributed by atoms with Crippen molar-refractivity contribution in [2.75, 3.05) is 7.11 Å². The summed E-state index contributed by atoms with van der Waals surface area (Å²) >= 11 is 0. The largest absolute Gasteiger partial charge is 0.381 e. The van der Waals surface area contributed by atoms with E-state index in [1.54, 1.807) is 7.11 Å². The second kappa shape index (κ2) is 2.94. The summed E-state index contributed by atoms with van der Waals surface area (Å²) in [6.45, 7) is 4.23. The third kappa shape index (κ3) is 1.39. The van der Waals surface area contributed by atoms with Gasteiger partial charge in [0.2, 0.25) is 0 Å². The quantitative estimate of drug-likeness (QED) is 0.456. The van der Waals surface area contributed by atoms with Crippen LogP contribution in [0.2, 0.25) is 0 Å². The highest BCUT2D eigenvalue weighted by Crippen LogP contribution is 2.44. The first-order valence-electron chi connectivity index (χ1n) is 4.10.